The van der Waals surface area contributed by atoms with Crippen LogP contribution < -0.4 is 5.32 Å². The van der Waals surface area contributed by atoms with Crippen molar-refractivity contribution >= 4 is 32.4 Å². The minimum atomic E-state index is -3.75. The average Bonchev–Trinajstić information content (AvgIpc) is 3.02. The van der Waals surface area contributed by atoms with Crippen LogP contribution in [-0.4, -0.2) is 41.9 Å². The lowest BCUT2D eigenvalue weighted by atomic mass is 10.1. The van der Waals surface area contributed by atoms with Crippen LogP contribution in [0.15, 0.2) is 35.2 Å². The summed E-state index contributed by atoms with van der Waals surface area (Å²) in [5.41, 5.74) is 0.285. The molecule has 0 spiro atoms. The van der Waals surface area contributed by atoms with E-state index >= 15 is 0 Å². The summed E-state index contributed by atoms with van der Waals surface area (Å²) in [7, 11) is -3.75. The fraction of sp³-hybridized carbons (Fsp3) is 0.389. The number of anilines is 1. The summed E-state index contributed by atoms with van der Waals surface area (Å²) in [5.74, 6) is -0.207. The molecule has 2 heterocycles. The summed E-state index contributed by atoms with van der Waals surface area (Å²) in [6.07, 6.45) is 2.77. The lowest BCUT2D eigenvalue weighted by molar-refractivity contribution is 0.0826. The van der Waals surface area contributed by atoms with Crippen molar-refractivity contribution in [2.75, 3.05) is 11.9 Å². The van der Waals surface area contributed by atoms with Crippen LogP contribution in [0.3, 0.4) is 0 Å². The molecule has 7 heteroatoms. The van der Waals surface area contributed by atoms with E-state index in [0.717, 1.165) is 6.42 Å². The number of nitrogens with zero attached hydrogens (tertiary/aromatic N) is 1. The number of hydrogen-bond donors (Lipinski definition) is 2. The molecule has 1 aliphatic carbocycles. The summed E-state index contributed by atoms with van der Waals surface area (Å²) in [4.78, 5) is 12.3. The van der Waals surface area contributed by atoms with E-state index in [4.69, 9.17) is 0 Å². The van der Waals surface area contributed by atoms with Gasteiger partial charge in [0.15, 0.2) is 0 Å². The molecule has 2 fully saturated rings. The van der Waals surface area contributed by atoms with Gasteiger partial charge in [0.25, 0.3) is 5.91 Å². The first kappa shape index (κ1) is 15.3. The first-order valence-electron chi connectivity index (χ1n) is 8.53. The largest absolute Gasteiger partial charge is 0.388 e. The summed E-state index contributed by atoms with van der Waals surface area (Å²) in [6.45, 7) is 0.426. The molecule has 2 aromatic carbocycles. The number of amides is 1. The molecule has 5 rings (SSSR count). The Balaban J connectivity index is 1.69. The predicted molar refractivity (Wildman–Crippen MR) is 93.0 cm³/mol. The van der Waals surface area contributed by atoms with Gasteiger partial charge in [0.2, 0.25) is 10.0 Å². The van der Waals surface area contributed by atoms with Crippen molar-refractivity contribution in [2.24, 2.45) is 0 Å². The van der Waals surface area contributed by atoms with Gasteiger partial charge in [-0.3, -0.25) is 4.79 Å². The Hall–Kier alpha value is -1.96. The van der Waals surface area contributed by atoms with Crippen LogP contribution in [0, 0.1) is 0 Å². The zero-order valence-electron chi connectivity index (χ0n) is 13.5. The SMILES string of the molecule is O=C1Nc2ccc(S(=O)(=O)N3CCCC3C3(O)CC3)c3cccc1c23. The Kier molecular flexibility index (Phi) is 2.94. The molecule has 2 aromatic rings. The summed E-state index contributed by atoms with van der Waals surface area (Å²) >= 11 is 0. The van der Waals surface area contributed by atoms with Crippen molar-refractivity contribution in [3.63, 3.8) is 0 Å². The molecule has 0 bridgehead atoms. The van der Waals surface area contributed by atoms with Gasteiger partial charge in [-0.25, -0.2) is 8.42 Å². The molecule has 1 unspecified atom stereocenters. The standard InChI is InChI=1S/C18H18N2O4S/c21-17-12-4-1-3-11-14(7-6-13(19-17)16(11)12)25(23,24)20-10-2-5-15(20)18(22)8-9-18/h1,3-4,6-7,15,22H,2,5,8-10H2,(H,19,21). The number of nitrogens with one attached hydrogen (secondary N) is 1. The predicted octanol–water partition coefficient (Wildman–Crippen LogP) is 2.08. The van der Waals surface area contributed by atoms with E-state index in [1.165, 1.54) is 4.31 Å². The lowest BCUT2D eigenvalue weighted by Gasteiger charge is -2.28. The molecular weight excluding hydrogens is 340 g/mol. The minimum absolute atomic E-state index is 0.207. The third kappa shape index (κ3) is 2.03. The molecule has 1 amide bonds. The first-order chi connectivity index (χ1) is 11.9. The normalized spacial score (nSPS) is 24.7. The highest BCUT2D eigenvalue weighted by Gasteiger charge is 2.54. The average molecular weight is 358 g/mol. The van der Waals surface area contributed by atoms with Gasteiger partial charge in [-0.05, 0) is 43.9 Å². The molecule has 25 heavy (non-hydrogen) atoms. The maximum atomic E-state index is 13.4. The summed E-state index contributed by atoms with van der Waals surface area (Å²) in [5, 5.41) is 14.5. The van der Waals surface area contributed by atoms with E-state index in [1.54, 1.807) is 30.3 Å². The fourth-order valence-corrected chi connectivity index (χ4v) is 6.19. The molecule has 1 saturated heterocycles. The molecule has 2 aliphatic heterocycles. The number of hydrogen-bond acceptors (Lipinski definition) is 4. The van der Waals surface area contributed by atoms with E-state index < -0.39 is 15.6 Å². The number of carbonyl (C=O) groups excluding carboxylic acids is 1. The Morgan fingerprint density at radius 3 is 2.76 bits per heavy atom. The highest BCUT2D eigenvalue weighted by Crippen LogP contribution is 2.47. The quantitative estimate of drug-likeness (QED) is 0.879. The van der Waals surface area contributed by atoms with Gasteiger partial charge in [-0.2, -0.15) is 4.31 Å². The number of carbonyl (C=O) groups is 1. The second-order valence-electron chi connectivity index (χ2n) is 7.17. The van der Waals surface area contributed by atoms with Crippen molar-refractivity contribution in [3.8, 4) is 0 Å². The van der Waals surface area contributed by atoms with Gasteiger partial charge >= 0.3 is 0 Å². The number of benzene rings is 2. The van der Waals surface area contributed by atoms with E-state index in [-0.39, 0.29) is 16.8 Å². The second kappa shape index (κ2) is 4.81. The molecule has 1 atom stereocenters. The lowest BCUT2D eigenvalue weighted by Crippen LogP contribution is -2.44. The van der Waals surface area contributed by atoms with Gasteiger partial charge < -0.3 is 10.4 Å². The molecule has 130 valence electrons. The van der Waals surface area contributed by atoms with Crippen molar-refractivity contribution in [3.05, 3.63) is 35.9 Å². The van der Waals surface area contributed by atoms with E-state index in [2.05, 4.69) is 5.32 Å². The van der Waals surface area contributed by atoms with Gasteiger partial charge in [0.1, 0.15) is 0 Å². The summed E-state index contributed by atoms with van der Waals surface area (Å²) in [6, 6.07) is 8.03. The van der Waals surface area contributed by atoms with Crippen LogP contribution in [0.5, 0.6) is 0 Å². The van der Waals surface area contributed by atoms with Crippen LogP contribution in [-0.2, 0) is 10.0 Å². The molecule has 6 nitrogen and oxygen atoms in total. The Morgan fingerprint density at radius 2 is 2.00 bits per heavy atom. The maximum absolute atomic E-state index is 13.4. The smallest absolute Gasteiger partial charge is 0.256 e. The molecule has 0 aromatic heterocycles. The Labute approximate surface area is 145 Å². The molecule has 2 N–H and O–H groups in total. The highest BCUT2D eigenvalue weighted by molar-refractivity contribution is 7.89. The van der Waals surface area contributed by atoms with Crippen molar-refractivity contribution in [2.45, 2.75) is 42.2 Å². The Bertz CT molecular complexity index is 1030. The van der Waals surface area contributed by atoms with Gasteiger partial charge in [-0.15, -0.1) is 0 Å². The maximum Gasteiger partial charge on any atom is 0.256 e. The fourth-order valence-electron chi connectivity index (χ4n) is 4.24. The van der Waals surface area contributed by atoms with Gasteiger partial charge in [0, 0.05) is 28.6 Å². The van der Waals surface area contributed by atoms with Crippen LogP contribution in [0.4, 0.5) is 5.69 Å². The molecular formula is C18H18N2O4S. The number of aliphatic hydroxyl groups is 1. The van der Waals surface area contributed by atoms with Crippen molar-refractivity contribution < 1.29 is 18.3 Å². The molecule has 1 saturated carbocycles. The highest BCUT2D eigenvalue weighted by atomic mass is 32.2. The van der Waals surface area contributed by atoms with E-state index in [0.29, 0.717) is 47.8 Å². The van der Waals surface area contributed by atoms with E-state index in [9.17, 15) is 18.3 Å². The Morgan fingerprint density at radius 1 is 1.20 bits per heavy atom. The minimum Gasteiger partial charge on any atom is -0.388 e. The van der Waals surface area contributed by atoms with E-state index in [1.807, 2.05) is 0 Å². The first-order valence-corrected chi connectivity index (χ1v) is 9.97. The summed E-state index contributed by atoms with van der Waals surface area (Å²) < 4.78 is 28.2. The van der Waals surface area contributed by atoms with Crippen LogP contribution in [0.25, 0.3) is 10.8 Å². The van der Waals surface area contributed by atoms with Crippen molar-refractivity contribution in [1.82, 2.24) is 4.31 Å². The zero-order valence-corrected chi connectivity index (χ0v) is 14.3. The van der Waals surface area contributed by atoms with Gasteiger partial charge in [-0.1, -0.05) is 12.1 Å². The monoisotopic (exact) mass is 358 g/mol. The van der Waals surface area contributed by atoms with Crippen LogP contribution in [0.1, 0.15) is 36.0 Å². The number of sulfonamides is 1. The second-order valence-corrected chi connectivity index (χ2v) is 9.03. The molecule has 3 aliphatic rings. The third-order valence-corrected chi connectivity index (χ3v) is 7.63. The van der Waals surface area contributed by atoms with Crippen molar-refractivity contribution in [1.29, 1.82) is 0 Å². The van der Waals surface area contributed by atoms with Crippen LogP contribution >= 0.6 is 0 Å². The number of rotatable bonds is 3. The molecule has 0 radical (unpaired) electrons. The zero-order chi connectivity index (χ0) is 17.4. The topological polar surface area (TPSA) is 86.7 Å². The van der Waals surface area contributed by atoms with Crippen LogP contribution in [0.2, 0.25) is 0 Å². The third-order valence-electron chi connectivity index (χ3n) is 5.67. The van der Waals surface area contributed by atoms with Gasteiger partial charge in [0.05, 0.1) is 16.5 Å².